The standard InChI is InChI=1S/C10H9N3O2/c1-6-2-3-7-8(12-15)5-13(10(11)14)9(7)4-6/h2-5H,1H3,(H2,11,14). The Bertz CT molecular complexity index is 557. The molecule has 0 unspecified atom stereocenters. The molecule has 1 amide bonds. The Morgan fingerprint density at radius 3 is 2.80 bits per heavy atom. The van der Waals surface area contributed by atoms with Gasteiger partial charge in [-0.1, -0.05) is 12.1 Å². The molecule has 0 saturated carbocycles. The Kier molecular flexibility index (Phi) is 2.00. The molecule has 2 N–H and O–H groups in total. The van der Waals surface area contributed by atoms with Crippen LogP contribution in [0.2, 0.25) is 0 Å². The Hall–Kier alpha value is -2.17. The lowest BCUT2D eigenvalue weighted by Gasteiger charge is -1.98. The first kappa shape index (κ1) is 9.39. The van der Waals surface area contributed by atoms with Gasteiger partial charge >= 0.3 is 6.03 Å². The van der Waals surface area contributed by atoms with Crippen LogP contribution in [0.4, 0.5) is 10.5 Å². The maximum Gasteiger partial charge on any atom is 0.323 e. The zero-order valence-electron chi connectivity index (χ0n) is 8.10. The first-order chi connectivity index (χ1) is 7.13. The fourth-order valence-corrected chi connectivity index (χ4v) is 1.57. The zero-order chi connectivity index (χ0) is 11.0. The quantitative estimate of drug-likeness (QED) is 0.721. The molecule has 0 saturated heterocycles. The SMILES string of the molecule is Cc1ccc2c(N=O)cn(C(N)=O)c2c1. The summed E-state index contributed by atoms with van der Waals surface area (Å²) < 4.78 is 1.22. The van der Waals surface area contributed by atoms with Crippen LogP contribution in [-0.4, -0.2) is 10.6 Å². The monoisotopic (exact) mass is 203 g/mol. The number of carbonyl (C=O) groups is 1. The van der Waals surface area contributed by atoms with Crippen molar-refractivity contribution in [2.75, 3.05) is 0 Å². The number of carbonyl (C=O) groups excluding carboxylic acids is 1. The molecule has 0 fully saturated rings. The third-order valence-electron chi connectivity index (χ3n) is 2.28. The molecule has 0 spiro atoms. The number of benzene rings is 1. The number of hydrogen-bond donors (Lipinski definition) is 1. The van der Waals surface area contributed by atoms with Gasteiger partial charge in [0, 0.05) is 11.6 Å². The molecule has 0 aliphatic rings. The van der Waals surface area contributed by atoms with Crippen LogP contribution in [-0.2, 0) is 0 Å². The number of nitrogens with two attached hydrogens (primary N) is 1. The van der Waals surface area contributed by atoms with Gasteiger partial charge < -0.3 is 5.73 Å². The average Bonchev–Trinajstić information content (AvgIpc) is 2.55. The molecule has 1 aromatic carbocycles. The summed E-state index contributed by atoms with van der Waals surface area (Å²) in [5, 5.41) is 3.49. The van der Waals surface area contributed by atoms with Gasteiger partial charge in [-0.05, 0) is 23.7 Å². The van der Waals surface area contributed by atoms with Crippen LogP contribution in [0.3, 0.4) is 0 Å². The van der Waals surface area contributed by atoms with E-state index >= 15 is 0 Å². The maximum absolute atomic E-state index is 11.1. The third-order valence-corrected chi connectivity index (χ3v) is 2.28. The fourth-order valence-electron chi connectivity index (χ4n) is 1.57. The summed E-state index contributed by atoms with van der Waals surface area (Å²) in [5.41, 5.74) is 7.00. The molecule has 0 bridgehead atoms. The third kappa shape index (κ3) is 1.38. The van der Waals surface area contributed by atoms with E-state index in [2.05, 4.69) is 5.18 Å². The molecule has 0 aliphatic carbocycles. The van der Waals surface area contributed by atoms with Gasteiger partial charge in [0.05, 0.1) is 5.52 Å². The van der Waals surface area contributed by atoms with Crippen molar-refractivity contribution in [1.82, 2.24) is 4.57 Å². The van der Waals surface area contributed by atoms with Crippen LogP contribution in [0.5, 0.6) is 0 Å². The first-order valence-corrected chi connectivity index (χ1v) is 4.38. The summed E-state index contributed by atoms with van der Waals surface area (Å²) in [6, 6.07) is 4.76. The summed E-state index contributed by atoms with van der Waals surface area (Å²) in [5.74, 6) is 0. The maximum atomic E-state index is 11.1. The summed E-state index contributed by atoms with van der Waals surface area (Å²) in [6.07, 6.45) is 1.35. The number of nitrogens with zero attached hydrogens (tertiary/aromatic N) is 2. The smallest absolute Gasteiger partial charge is 0.323 e. The number of primary amides is 1. The van der Waals surface area contributed by atoms with Crippen molar-refractivity contribution in [3.63, 3.8) is 0 Å². The van der Waals surface area contributed by atoms with Crippen molar-refractivity contribution in [3.8, 4) is 0 Å². The molecule has 76 valence electrons. The Balaban J connectivity index is 2.87. The van der Waals surface area contributed by atoms with E-state index in [1.807, 2.05) is 13.0 Å². The average molecular weight is 203 g/mol. The molecule has 1 aromatic heterocycles. The number of aryl methyl sites for hydroxylation is 1. The van der Waals surface area contributed by atoms with Gasteiger partial charge in [-0.15, -0.1) is 4.91 Å². The minimum atomic E-state index is -0.625. The topological polar surface area (TPSA) is 77.4 Å². The van der Waals surface area contributed by atoms with Gasteiger partial charge in [-0.3, -0.25) is 4.57 Å². The highest BCUT2D eigenvalue weighted by Gasteiger charge is 2.11. The van der Waals surface area contributed by atoms with Crippen molar-refractivity contribution in [2.24, 2.45) is 10.9 Å². The number of fused-ring (bicyclic) bond motifs is 1. The number of rotatable bonds is 1. The molecule has 5 heteroatoms. The second-order valence-electron chi connectivity index (χ2n) is 3.33. The zero-order valence-corrected chi connectivity index (χ0v) is 8.10. The van der Waals surface area contributed by atoms with Crippen LogP contribution in [0, 0.1) is 11.8 Å². The van der Waals surface area contributed by atoms with Crippen LogP contribution < -0.4 is 5.73 Å². The van der Waals surface area contributed by atoms with E-state index in [1.54, 1.807) is 12.1 Å². The summed E-state index contributed by atoms with van der Waals surface area (Å²) in [4.78, 5) is 21.6. The van der Waals surface area contributed by atoms with Crippen LogP contribution in [0.1, 0.15) is 5.56 Å². The molecule has 1 heterocycles. The van der Waals surface area contributed by atoms with Crippen LogP contribution in [0.15, 0.2) is 29.6 Å². The van der Waals surface area contributed by atoms with Gasteiger partial charge in [0.1, 0.15) is 5.69 Å². The molecule has 0 radical (unpaired) electrons. The Labute approximate surface area is 85.5 Å². The van der Waals surface area contributed by atoms with Crippen molar-refractivity contribution in [1.29, 1.82) is 0 Å². The van der Waals surface area contributed by atoms with Crippen molar-refractivity contribution >= 4 is 22.6 Å². The number of nitroso groups, excluding NO2 is 1. The Morgan fingerprint density at radius 1 is 1.47 bits per heavy atom. The van der Waals surface area contributed by atoms with E-state index in [-0.39, 0.29) is 5.69 Å². The van der Waals surface area contributed by atoms with Crippen molar-refractivity contribution in [3.05, 3.63) is 34.9 Å². The van der Waals surface area contributed by atoms with E-state index in [9.17, 15) is 9.70 Å². The van der Waals surface area contributed by atoms with Crippen LogP contribution in [0.25, 0.3) is 10.9 Å². The molecular weight excluding hydrogens is 194 g/mol. The van der Waals surface area contributed by atoms with E-state index in [1.165, 1.54) is 10.8 Å². The minimum absolute atomic E-state index is 0.226. The van der Waals surface area contributed by atoms with Gasteiger partial charge in [0.25, 0.3) is 0 Å². The van der Waals surface area contributed by atoms with Gasteiger partial charge in [-0.25, -0.2) is 4.79 Å². The fraction of sp³-hybridized carbons (Fsp3) is 0.100. The second-order valence-corrected chi connectivity index (χ2v) is 3.33. The highest BCUT2D eigenvalue weighted by Crippen LogP contribution is 2.28. The summed E-state index contributed by atoms with van der Waals surface area (Å²) in [6.45, 7) is 1.89. The normalized spacial score (nSPS) is 10.5. The molecule has 5 nitrogen and oxygen atoms in total. The molecule has 2 aromatic rings. The largest absolute Gasteiger partial charge is 0.351 e. The molecule has 2 rings (SSSR count). The highest BCUT2D eigenvalue weighted by atomic mass is 16.3. The van der Waals surface area contributed by atoms with Crippen molar-refractivity contribution < 1.29 is 4.79 Å². The molecular formula is C10H9N3O2. The second kappa shape index (κ2) is 3.20. The van der Waals surface area contributed by atoms with E-state index in [0.717, 1.165) is 5.56 Å². The first-order valence-electron chi connectivity index (χ1n) is 4.38. The highest BCUT2D eigenvalue weighted by molar-refractivity contribution is 5.98. The van der Waals surface area contributed by atoms with E-state index < -0.39 is 6.03 Å². The summed E-state index contributed by atoms with van der Waals surface area (Å²) in [7, 11) is 0. The number of amides is 1. The van der Waals surface area contributed by atoms with E-state index in [4.69, 9.17) is 5.73 Å². The number of aromatic nitrogens is 1. The predicted molar refractivity (Wildman–Crippen MR) is 57.1 cm³/mol. The van der Waals surface area contributed by atoms with Crippen molar-refractivity contribution in [2.45, 2.75) is 6.92 Å². The number of hydrogen-bond acceptors (Lipinski definition) is 3. The van der Waals surface area contributed by atoms with E-state index in [0.29, 0.717) is 10.9 Å². The lowest BCUT2D eigenvalue weighted by molar-refractivity contribution is 0.251. The minimum Gasteiger partial charge on any atom is -0.351 e. The van der Waals surface area contributed by atoms with Crippen LogP contribution >= 0.6 is 0 Å². The lowest BCUT2D eigenvalue weighted by atomic mass is 10.2. The molecule has 0 atom stereocenters. The predicted octanol–water partition coefficient (Wildman–Crippen LogP) is 2.27. The van der Waals surface area contributed by atoms with Gasteiger partial charge in [-0.2, -0.15) is 0 Å². The van der Waals surface area contributed by atoms with Gasteiger partial charge in [0.2, 0.25) is 0 Å². The summed E-state index contributed by atoms with van der Waals surface area (Å²) >= 11 is 0. The Morgan fingerprint density at radius 2 is 2.20 bits per heavy atom. The molecule has 15 heavy (non-hydrogen) atoms. The van der Waals surface area contributed by atoms with Gasteiger partial charge in [0.15, 0.2) is 0 Å². The molecule has 0 aliphatic heterocycles. The lowest BCUT2D eigenvalue weighted by Crippen LogP contribution is -2.18.